The zero-order valence-corrected chi connectivity index (χ0v) is 10.8. The van der Waals surface area contributed by atoms with Gasteiger partial charge in [-0.1, -0.05) is 19.1 Å². The Labute approximate surface area is 98.3 Å². The summed E-state index contributed by atoms with van der Waals surface area (Å²) in [6, 6.07) is 0. The van der Waals surface area contributed by atoms with Crippen LogP contribution in [0.25, 0.3) is 0 Å². The van der Waals surface area contributed by atoms with Crippen LogP contribution in [-0.4, -0.2) is 15.7 Å². The highest BCUT2D eigenvalue weighted by molar-refractivity contribution is 7.98. The number of thiocarbonyl (C=S) groups is 1. The van der Waals surface area contributed by atoms with Crippen molar-refractivity contribution in [2.45, 2.75) is 26.0 Å². The van der Waals surface area contributed by atoms with Gasteiger partial charge in [0.05, 0.1) is 10.6 Å². The lowest BCUT2D eigenvalue weighted by Crippen LogP contribution is -2.08. The third kappa shape index (κ3) is 3.22. The van der Waals surface area contributed by atoms with Crippen LogP contribution in [0.4, 0.5) is 0 Å². The van der Waals surface area contributed by atoms with E-state index in [1.807, 2.05) is 18.7 Å². The van der Waals surface area contributed by atoms with Gasteiger partial charge in [-0.25, -0.2) is 4.98 Å². The smallest absolute Gasteiger partial charge is 0.116 e. The number of hydrogen-bond donors (Lipinski definition) is 1. The first-order valence-electron chi connectivity index (χ1n) is 4.49. The lowest BCUT2D eigenvalue weighted by molar-refractivity contribution is 1.10. The topological polar surface area (TPSA) is 38.9 Å². The van der Waals surface area contributed by atoms with E-state index < -0.39 is 0 Å². The number of rotatable bonds is 5. The lowest BCUT2D eigenvalue weighted by atomic mass is 10.4. The van der Waals surface area contributed by atoms with Crippen LogP contribution >= 0.6 is 35.3 Å². The van der Waals surface area contributed by atoms with Crippen LogP contribution in [-0.2, 0) is 5.75 Å². The predicted molar refractivity (Wildman–Crippen MR) is 69.2 cm³/mol. The summed E-state index contributed by atoms with van der Waals surface area (Å²) in [5.41, 5.74) is 6.55. The summed E-state index contributed by atoms with van der Waals surface area (Å²) in [5.74, 6) is 2.16. The van der Waals surface area contributed by atoms with E-state index in [4.69, 9.17) is 18.0 Å². The van der Waals surface area contributed by atoms with Crippen molar-refractivity contribution >= 4 is 40.3 Å². The highest BCUT2D eigenvalue weighted by Gasteiger charge is 2.09. The maximum absolute atomic E-state index is 5.58. The first-order chi connectivity index (χ1) is 6.65. The molecule has 1 aromatic rings. The number of aromatic nitrogens is 1. The first kappa shape index (κ1) is 11.9. The second kappa shape index (κ2) is 5.68. The number of nitrogens with two attached hydrogens (primary N) is 1. The second-order valence-electron chi connectivity index (χ2n) is 2.94. The molecule has 0 aliphatic carbocycles. The molecule has 0 bridgehead atoms. The fraction of sp³-hybridized carbons (Fsp3) is 0.556. The Morgan fingerprint density at radius 1 is 1.64 bits per heavy atom. The van der Waals surface area contributed by atoms with Crippen molar-refractivity contribution < 1.29 is 0 Å². The van der Waals surface area contributed by atoms with Crippen molar-refractivity contribution in [3.05, 3.63) is 15.6 Å². The van der Waals surface area contributed by atoms with Crippen LogP contribution in [0.3, 0.4) is 0 Å². The molecular weight excluding hydrogens is 232 g/mol. The normalized spacial score (nSPS) is 10.4. The fourth-order valence-corrected chi connectivity index (χ4v) is 3.19. The molecule has 78 valence electrons. The summed E-state index contributed by atoms with van der Waals surface area (Å²) in [6.07, 6.45) is 1.21. The third-order valence-corrected chi connectivity index (χ3v) is 4.52. The van der Waals surface area contributed by atoms with Crippen molar-refractivity contribution in [1.82, 2.24) is 4.98 Å². The third-order valence-electron chi connectivity index (χ3n) is 1.64. The van der Waals surface area contributed by atoms with E-state index in [0.29, 0.717) is 4.99 Å². The standard InChI is InChI=1S/C9H14N2S3/c1-3-4-13-5-7-11-6(2)8(14-7)9(10)12/h3-5H2,1-2H3,(H2,10,12). The minimum Gasteiger partial charge on any atom is -0.389 e. The van der Waals surface area contributed by atoms with Crippen molar-refractivity contribution in [3.8, 4) is 0 Å². The Morgan fingerprint density at radius 3 is 2.86 bits per heavy atom. The molecule has 2 N–H and O–H groups in total. The van der Waals surface area contributed by atoms with Gasteiger partial charge < -0.3 is 5.73 Å². The van der Waals surface area contributed by atoms with Gasteiger partial charge >= 0.3 is 0 Å². The number of aryl methyl sites for hydroxylation is 1. The predicted octanol–water partition coefficient (Wildman–Crippen LogP) is 2.73. The van der Waals surface area contributed by atoms with Gasteiger partial charge in [0.25, 0.3) is 0 Å². The van der Waals surface area contributed by atoms with Gasteiger partial charge in [0.15, 0.2) is 0 Å². The monoisotopic (exact) mass is 246 g/mol. The van der Waals surface area contributed by atoms with E-state index in [9.17, 15) is 0 Å². The van der Waals surface area contributed by atoms with Gasteiger partial charge in [-0.3, -0.25) is 0 Å². The van der Waals surface area contributed by atoms with E-state index in [-0.39, 0.29) is 0 Å². The molecule has 0 atom stereocenters. The van der Waals surface area contributed by atoms with Crippen molar-refractivity contribution in [2.24, 2.45) is 5.73 Å². The van der Waals surface area contributed by atoms with Crippen LogP contribution in [0.2, 0.25) is 0 Å². The van der Waals surface area contributed by atoms with Crippen molar-refractivity contribution in [3.63, 3.8) is 0 Å². The Balaban J connectivity index is 2.62. The molecule has 0 saturated heterocycles. The maximum Gasteiger partial charge on any atom is 0.116 e. The average Bonchev–Trinajstić information content (AvgIpc) is 2.47. The Morgan fingerprint density at radius 2 is 2.36 bits per heavy atom. The summed E-state index contributed by atoms with van der Waals surface area (Å²) in [5, 5.41) is 1.13. The molecule has 0 aromatic carbocycles. The Hall–Kier alpha value is -0.130. The molecule has 0 amide bonds. The Kier molecular flexibility index (Phi) is 4.84. The number of thiazole rings is 1. The van der Waals surface area contributed by atoms with E-state index in [2.05, 4.69) is 11.9 Å². The Bertz CT molecular complexity index is 320. The molecule has 1 heterocycles. The largest absolute Gasteiger partial charge is 0.389 e. The highest BCUT2D eigenvalue weighted by Crippen LogP contribution is 2.22. The molecule has 2 nitrogen and oxygen atoms in total. The summed E-state index contributed by atoms with van der Waals surface area (Å²) >= 11 is 8.46. The lowest BCUT2D eigenvalue weighted by Gasteiger charge is -1.93. The van der Waals surface area contributed by atoms with Crippen molar-refractivity contribution in [2.75, 3.05) is 5.75 Å². The van der Waals surface area contributed by atoms with Gasteiger partial charge in [0.1, 0.15) is 10.00 Å². The molecule has 1 rings (SSSR count). The van der Waals surface area contributed by atoms with Crippen LogP contribution in [0.5, 0.6) is 0 Å². The molecule has 0 radical (unpaired) electrons. The van der Waals surface area contributed by atoms with Crippen LogP contribution in [0.1, 0.15) is 28.9 Å². The molecule has 0 aliphatic heterocycles. The molecular formula is C9H14N2S3. The van der Waals surface area contributed by atoms with Gasteiger partial charge in [-0.2, -0.15) is 11.8 Å². The molecule has 0 aliphatic rings. The van der Waals surface area contributed by atoms with Crippen LogP contribution in [0, 0.1) is 6.92 Å². The summed E-state index contributed by atoms with van der Waals surface area (Å²) in [7, 11) is 0. The number of thioether (sulfide) groups is 1. The molecule has 0 fully saturated rings. The summed E-state index contributed by atoms with van der Waals surface area (Å²) in [4.78, 5) is 5.86. The molecule has 14 heavy (non-hydrogen) atoms. The van der Waals surface area contributed by atoms with Gasteiger partial charge in [-0.15, -0.1) is 11.3 Å². The van der Waals surface area contributed by atoms with E-state index >= 15 is 0 Å². The minimum atomic E-state index is 0.465. The van der Waals surface area contributed by atoms with Crippen molar-refractivity contribution in [1.29, 1.82) is 0 Å². The fourth-order valence-electron chi connectivity index (χ4n) is 1.05. The van der Waals surface area contributed by atoms with Crippen LogP contribution in [0.15, 0.2) is 0 Å². The second-order valence-corrected chi connectivity index (χ2v) is 5.57. The molecule has 0 spiro atoms. The molecule has 0 unspecified atom stereocenters. The first-order valence-corrected chi connectivity index (χ1v) is 6.87. The van der Waals surface area contributed by atoms with E-state index in [0.717, 1.165) is 21.3 Å². The minimum absolute atomic E-state index is 0.465. The quantitative estimate of drug-likeness (QED) is 0.640. The molecule has 0 saturated carbocycles. The van der Waals surface area contributed by atoms with E-state index in [1.165, 1.54) is 12.2 Å². The number of hydrogen-bond acceptors (Lipinski definition) is 4. The van der Waals surface area contributed by atoms with E-state index in [1.54, 1.807) is 11.3 Å². The number of nitrogens with zero attached hydrogens (tertiary/aromatic N) is 1. The van der Waals surface area contributed by atoms with Gasteiger partial charge in [-0.05, 0) is 19.1 Å². The SMILES string of the molecule is CCCSCc1nc(C)c(C(N)=S)s1. The molecule has 1 aromatic heterocycles. The zero-order valence-electron chi connectivity index (χ0n) is 8.37. The van der Waals surface area contributed by atoms with Crippen LogP contribution < -0.4 is 5.73 Å². The summed E-state index contributed by atoms with van der Waals surface area (Å²) < 4.78 is 0. The highest BCUT2D eigenvalue weighted by atomic mass is 32.2. The molecule has 5 heteroatoms. The maximum atomic E-state index is 5.58. The van der Waals surface area contributed by atoms with Gasteiger partial charge in [0, 0.05) is 5.75 Å². The summed E-state index contributed by atoms with van der Waals surface area (Å²) in [6.45, 7) is 4.14. The average molecular weight is 246 g/mol. The zero-order chi connectivity index (χ0) is 10.6. The van der Waals surface area contributed by atoms with Gasteiger partial charge in [0.2, 0.25) is 0 Å².